The number of hydrogen-bond acceptors (Lipinski definition) is 4. The summed E-state index contributed by atoms with van der Waals surface area (Å²) < 4.78 is 12.9. The predicted molar refractivity (Wildman–Crippen MR) is 147 cm³/mol. The SMILES string of the molecule is CO/N=C(\CO[Si](C)(C)C)C1CCC2C3CC=C4CC(O[Si](C)(C)C)CCC4(C)C3CCC12C. The van der Waals surface area contributed by atoms with Crippen LogP contribution in [0.2, 0.25) is 39.3 Å². The van der Waals surface area contributed by atoms with Crippen LogP contribution in [-0.4, -0.2) is 42.2 Å². The maximum absolute atomic E-state index is 6.57. The van der Waals surface area contributed by atoms with Crippen LogP contribution in [0.15, 0.2) is 16.8 Å². The highest BCUT2D eigenvalue weighted by Crippen LogP contribution is 2.66. The van der Waals surface area contributed by atoms with E-state index in [9.17, 15) is 0 Å². The smallest absolute Gasteiger partial charge is 0.184 e. The Kier molecular flexibility index (Phi) is 7.41. The third-order valence-electron chi connectivity index (χ3n) is 9.84. The van der Waals surface area contributed by atoms with Gasteiger partial charge in [-0.25, -0.2) is 0 Å². The lowest BCUT2D eigenvalue weighted by molar-refractivity contribution is -0.0415. The molecule has 0 bridgehead atoms. The molecular formula is C28H51NO3Si2. The minimum Gasteiger partial charge on any atom is -0.414 e. The second kappa shape index (κ2) is 9.46. The first-order chi connectivity index (χ1) is 15.8. The monoisotopic (exact) mass is 505 g/mol. The number of hydrogen-bond donors (Lipinski definition) is 0. The molecule has 194 valence electrons. The first kappa shape index (κ1) is 26.6. The van der Waals surface area contributed by atoms with Crippen molar-refractivity contribution in [1.82, 2.24) is 0 Å². The molecular weight excluding hydrogens is 454 g/mol. The Morgan fingerprint density at radius 3 is 2.35 bits per heavy atom. The molecule has 34 heavy (non-hydrogen) atoms. The van der Waals surface area contributed by atoms with Gasteiger partial charge in [0.1, 0.15) is 7.11 Å². The number of oxime groups is 1. The lowest BCUT2D eigenvalue weighted by Gasteiger charge is -2.58. The fourth-order valence-corrected chi connectivity index (χ4v) is 10.2. The van der Waals surface area contributed by atoms with Gasteiger partial charge in [0.2, 0.25) is 0 Å². The van der Waals surface area contributed by atoms with Crippen LogP contribution in [0.25, 0.3) is 0 Å². The van der Waals surface area contributed by atoms with Gasteiger partial charge in [0.15, 0.2) is 16.6 Å². The minimum atomic E-state index is -1.60. The van der Waals surface area contributed by atoms with Crippen LogP contribution in [0.5, 0.6) is 0 Å². The minimum absolute atomic E-state index is 0.321. The summed E-state index contributed by atoms with van der Waals surface area (Å²) in [6.07, 6.45) is 13.3. The van der Waals surface area contributed by atoms with Gasteiger partial charge in [0, 0.05) is 12.0 Å². The Hall–Kier alpha value is -0.436. The van der Waals surface area contributed by atoms with E-state index in [0.717, 1.165) is 23.5 Å². The van der Waals surface area contributed by atoms with Crippen molar-refractivity contribution >= 4 is 22.3 Å². The highest BCUT2D eigenvalue weighted by atomic mass is 28.4. The summed E-state index contributed by atoms with van der Waals surface area (Å²) in [6.45, 7) is 19.6. The summed E-state index contributed by atoms with van der Waals surface area (Å²) in [5.74, 6) is 2.93. The van der Waals surface area contributed by atoms with E-state index in [0.29, 0.717) is 29.5 Å². The fraction of sp³-hybridized carbons (Fsp3) is 0.893. The van der Waals surface area contributed by atoms with E-state index in [2.05, 4.69) is 64.4 Å². The van der Waals surface area contributed by atoms with Crippen LogP contribution < -0.4 is 0 Å². The topological polar surface area (TPSA) is 40.0 Å². The van der Waals surface area contributed by atoms with Crippen molar-refractivity contribution in [2.45, 2.75) is 111 Å². The van der Waals surface area contributed by atoms with Gasteiger partial charge in [-0.1, -0.05) is 30.7 Å². The zero-order valence-corrected chi connectivity index (χ0v) is 25.5. The van der Waals surface area contributed by atoms with Crippen molar-refractivity contribution in [2.75, 3.05) is 13.7 Å². The summed E-state index contributed by atoms with van der Waals surface area (Å²) in [6, 6.07) is 0. The standard InChI is InChI=1S/C28H51NO3Si2/c1-27-16-14-21(32-34(7,8)9)18-20(27)10-11-22-23-12-13-25(28(23,2)17-15-24(22)27)26(29-30-3)19-31-33(4,5)6/h10,21-25H,11-19H2,1-9H3/b29-26+. The average Bonchev–Trinajstić information content (AvgIpc) is 3.07. The van der Waals surface area contributed by atoms with Gasteiger partial charge < -0.3 is 13.7 Å². The fourth-order valence-electron chi connectivity index (χ4n) is 8.37. The summed E-state index contributed by atoms with van der Waals surface area (Å²) in [5.41, 5.74) is 3.59. The van der Waals surface area contributed by atoms with E-state index in [1.165, 1.54) is 51.4 Å². The van der Waals surface area contributed by atoms with E-state index in [4.69, 9.17) is 13.7 Å². The highest BCUT2D eigenvalue weighted by molar-refractivity contribution is 6.70. The summed E-state index contributed by atoms with van der Waals surface area (Å²) >= 11 is 0. The van der Waals surface area contributed by atoms with Crippen LogP contribution in [-0.2, 0) is 13.7 Å². The molecule has 4 aliphatic carbocycles. The Labute approximate surface area is 211 Å². The molecule has 6 heteroatoms. The number of fused-ring (bicyclic) bond motifs is 5. The molecule has 0 aromatic rings. The van der Waals surface area contributed by atoms with Gasteiger partial charge in [-0.2, -0.15) is 0 Å². The molecule has 7 unspecified atom stereocenters. The molecule has 0 radical (unpaired) electrons. The lowest BCUT2D eigenvalue weighted by atomic mass is 9.47. The van der Waals surface area contributed by atoms with Crippen LogP contribution in [0.1, 0.15) is 65.2 Å². The van der Waals surface area contributed by atoms with Gasteiger partial charge in [-0.05, 0) is 119 Å². The second-order valence-corrected chi connectivity index (χ2v) is 23.2. The molecule has 0 aromatic heterocycles. The molecule has 3 saturated carbocycles. The highest BCUT2D eigenvalue weighted by Gasteiger charge is 2.59. The zero-order chi connectivity index (χ0) is 24.9. The van der Waals surface area contributed by atoms with Gasteiger partial charge in [0.25, 0.3) is 0 Å². The van der Waals surface area contributed by atoms with Crippen LogP contribution >= 0.6 is 0 Å². The van der Waals surface area contributed by atoms with Gasteiger partial charge in [-0.3, -0.25) is 0 Å². The van der Waals surface area contributed by atoms with E-state index >= 15 is 0 Å². The van der Waals surface area contributed by atoms with Crippen molar-refractivity contribution in [3.63, 3.8) is 0 Å². The number of rotatable bonds is 7. The zero-order valence-electron chi connectivity index (χ0n) is 23.5. The molecule has 4 nitrogen and oxygen atoms in total. The molecule has 0 spiro atoms. The third kappa shape index (κ3) is 5.16. The summed E-state index contributed by atoms with van der Waals surface area (Å²) in [7, 11) is -1.40. The number of nitrogens with zero attached hydrogens (tertiary/aromatic N) is 1. The Morgan fingerprint density at radius 2 is 1.71 bits per heavy atom. The molecule has 3 fully saturated rings. The van der Waals surface area contributed by atoms with E-state index in [1.807, 2.05) is 0 Å². The molecule has 7 atom stereocenters. The lowest BCUT2D eigenvalue weighted by Crippen LogP contribution is -2.51. The van der Waals surface area contributed by atoms with Gasteiger partial charge in [-0.15, -0.1) is 0 Å². The quantitative estimate of drug-likeness (QED) is 0.154. The Bertz CT molecular complexity index is 813. The van der Waals surface area contributed by atoms with E-state index < -0.39 is 16.6 Å². The Balaban J connectivity index is 1.53. The molecule has 4 aliphatic rings. The molecule has 0 amide bonds. The van der Waals surface area contributed by atoms with E-state index in [1.54, 1.807) is 12.7 Å². The molecule has 0 saturated heterocycles. The van der Waals surface area contributed by atoms with Crippen LogP contribution in [0.4, 0.5) is 0 Å². The first-order valence-corrected chi connectivity index (χ1v) is 20.7. The maximum atomic E-state index is 6.57. The average molecular weight is 506 g/mol. The molecule has 0 N–H and O–H groups in total. The normalized spacial score (nSPS) is 40.8. The van der Waals surface area contributed by atoms with Crippen molar-refractivity contribution in [3.8, 4) is 0 Å². The third-order valence-corrected chi connectivity index (χ3v) is 11.9. The van der Waals surface area contributed by atoms with Gasteiger partial charge in [0.05, 0.1) is 12.3 Å². The van der Waals surface area contributed by atoms with E-state index in [-0.39, 0.29) is 0 Å². The largest absolute Gasteiger partial charge is 0.414 e. The first-order valence-electron chi connectivity index (χ1n) is 13.9. The van der Waals surface area contributed by atoms with Crippen LogP contribution in [0, 0.1) is 34.5 Å². The van der Waals surface area contributed by atoms with Crippen molar-refractivity contribution in [2.24, 2.45) is 39.7 Å². The van der Waals surface area contributed by atoms with Crippen molar-refractivity contribution in [1.29, 1.82) is 0 Å². The molecule has 0 aliphatic heterocycles. The van der Waals surface area contributed by atoms with Gasteiger partial charge >= 0.3 is 0 Å². The number of allylic oxidation sites excluding steroid dienone is 1. The Morgan fingerprint density at radius 1 is 0.971 bits per heavy atom. The molecule has 0 heterocycles. The summed E-state index contributed by atoms with van der Waals surface area (Å²) in [4.78, 5) is 5.35. The summed E-state index contributed by atoms with van der Waals surface area (Å²) in [5, 5.41) is 4.56. The maximum Gasteiger partial charge on any atom is 0.184 e. The van der Waals surface area contributed by atoms with Crippen molar-refractivity contribution < 1.29 is 13.7 Å². The predicted octanol–water partition coefficient (Wildman–Crippen LogP) is 7.64. The van der Waals surface area contributed by atoms with Crippen molar-refractivity contribution in [3.05, 3.63) is 11.6 Å². The second-order valence-electron chi connectivity index (χ2n) is 14.2. The molecule has 4 rings (SSSR count). The van der Waals surface area contributed by atoms with Crippen LogP contribution in [0.3, 0.4) is 0 Å². The molecule has 0 aromatic carbocycles.